The Kier molecular flexibility index (Phi) is 4.73. The maximum atomic E-state index is 12.1. The van der Waals surface area contributed by atoms with Gasteiger partial charge in [0.2, 0.25) is 5.91 Å². The number of benzene rings is 1. The van der Waals surface area contributed by atoms with Gasteiger partial charge in [-0.25, -0.2) is 4.79 Å². The van der Waals surface area contributed by atoms with Crippen LogP contribution < -0.4 is 16.4 Å². The van der Waals surface area contributed by atoms with Crippen molar-refractivity contribution in [2.45, 2.75) is 19.9 Å². The van der Waals surface area contributed by atoms with Crippen molar-refractivity contribution >= 4 is 17.6 Å². The predicted molar refractivity (Wildman–Crippen MR) is 84.2 cm³/mol. The second-order valence-corrected chi connectivity index (χ2v) is 5.06. The van der Waals surface area contributed by atoms with E-state index in [1.807, 2.05) is 32.0 Å². The van der Waals surface area contributed by atoms with Crippen molar-refractivity contribution < 1.29 is 9.59 Å². The average Bonchev–Trinajstić information content (AvgIpc) is 2.44. The Morgan fingerprint density at radius 1 is 1.14 bits per heavy atom. The Hall–Kier alpha value is -2.89. The van der Waals surface area contributed by atoms with Crippen molar-refractivity contribution in [2.75, 3.05) is 5.32 Å². The van der Waals surface area contributed by atoms with Crippen molar-refractivity contribution in [1.29, 1.82) is 0 Å². The molecule has 4 N–H and O–H groups in total. The highest BCUT2D eigenvalue weighted by Gasteiger charge is 2.21. The van der Waals surface area contributed by atoms with Crippen LogP contribution in [0.25, 0.3) is 0 Å². The van der Waals surface area contributed by atoms with E-state index in [1.165, 1.54) is 6.20 Å². The second kappa shape index (κ2) is 6.71. The minimum Gasteiger partial charge on any atom is -0.368 e. The Morgan fingerprint density at radius 3 is 2.36 bits per heavy atom. The molecule has 0 saturated heterocycles. The summed E-state index contributed by atoms with van der Waals surface area (Å²) in [5.41, 5.74) is 8.45. The number of amides is 3. The highest BCUT2D eigenvalue weighted by Crippen LogP contribution is 2.14. The summed E-state index contributed by atoms with van der Waals surface area (Å²) < 4.78 is 0. The lowest BCUT2D eigenvalue weighted by atomic mass is 10.1. The number of carbonyl (C=O) groups is 2. The Morgan fingerprint density at radius 2 is 1.82 bits per heavy atom. The van der Waals surface area contributed by atoms with E-state index in [0.29, 0.717) is 11.4 Å². The molecule has 2 rings (SSSR count). The van der Waals surface area contributed by atoms with Gasteiger partial charge in [0.1, 0.15) is 0 Å². The van der Waals surface area contributed by atoms with E-state index in [9.17, 15) is 9.59 Å². The predicted octanol–water partition coefficient (Wildman–Crippen LogP) is 2.05. The van der Waals surface area contributed by atoms with Crippen LogP contribution in [0.15, 0.2) is 42.6 Å². The number of rotatable bonds is 4. The molecule has 114 valence electrons. The van der Waals surface area contributed by atoms with Crippen LogP contribution in [0, 0.1) is 13.8 Å². The van der Waals surface area contributed by atoms with Gasteiger partial charge < -0.3 is 16.4 Å². The molecular weight excluding hydrogens is 280 g/mol. The molecule has 0 spiro atoms. The zero-order valence-electron chi connectivity index (χ0n) is 12.5. The molecule has 1 aromatic carbocycles. The van der Waals surface area contributed by atoms with Gasteiger partial charge in [0, 0.05) is 11.9 Å². The van der Waals surface area contributed by atoms with Gasteiger partial charge >= 0.3 is 6.03 Å². The van der Waals surface area contributed by atoms with Gasteiger partial charge in [0.05, 0.1) is 5.69 Å². The van der Waals surface area contributed by atoms with Crippen LogP contribution in [-0.2, 0) is 4.79 Å². The van der Waals surface area contributed by atoms with Gasteiger partial charge in [-0.3, -0.25) is 9.78 Å². The Bertz CT molecular complexity index is 666. The minimum absolute atomic E-state index is 0.394. The van der Waals surface area contributed by atoms with Crippen molar-refractivity contribution in [3.05, 3.63) is 59.4 Å². The quantitative estimate of drug-likeness (QED) is 0.805. The highest BCUT2D eigenvalue weighted by molar-refractivity contribution is 5.93. The molecule has 6 heteroatoms. The van der Waals surface area contributed by atoms with Crippen LogP contribution in [0.5, 0.6) is 0 Å². The molecule has 1 atom stereocenters. The lowest BCUT2D eigenvalue weighted by molar-refractivity contribution is -0.120. The number of hydrogen-bond donors (Lipinski definition) is 3. The monoisotopic (exact) mass is 298 g/mol. The summed E-state index contributed by atoms with van der Waals surface area (Å²) in [4.78, 5) is 27.6. The van der Waals surface area contributed by atoms with Crippen LogP contribution >= 0.6 is 0 Å². The first-order valence-electron chi connectivity index (χ1n) is 6.82. The first-order valence-corrected chi connectivity index (χ1v) is 6.82. The lowest BCUT2D eigenvalue weighted by Gasteiger charge is -2.16. The summed E-state index contributed by atoms with van der Waals surface area (Å²) >= 11 is 0. The van der Waals surface area contributed by atoms with Crippen molar-refractivity contribution in [3.63, 3.8) is 0 Å². The summed E-state index contributed by atoms with van der Waals surface area (Å²) in [6.07, 6.45) is 1.54. The van der Waals surface area contributed by atoms with Gasteiger partial charge in [-0.1, -0.05) is 12.1 Å². The minimum atomic E-state index is -0.980. The molecule has 6 nitrogen and oxygen atoms in total. The van der Waals surface area contributed by atoms with Crippen molar-refractivity contribution in [3.8, 4) is 0 Å². The molecule has 1 unspecified atom stereocenters. The number of pyridine rings is 1. The standard InChI is InChI=1S/C16H18N4O2/c1-10-7-11(2)9-12(8-10)19-16(22)20-14(15(17)21)13-5-3-4-6-18-13/h3-9,14H,1-2H3,(H2,17,21)(H2,19,20,22). The zero-order chi connectivity index (χ0) is 16.1. The molecule has 1 aromatic heterocycles. The molecule has 0 aliphatic heterocycles. The van der Waals surface area contributed by atoms with Gasteiger partial charge in [0.25, 0.3) is 0 Å². The SMILES string of the molecule is Cc1cc(C)cc(NC(=O)NC(C(N)=O)c2ccccn2)c1. The number of nitrogens with two attached hydrogens (primary N) is 1. The molecule has 0 fully saturated rings. The first kappa shape index (κ1) is 15.5. The topological polar surface area (TPSA) is 97.1 Å². The number of carbonyl (C=O) groups excluding carboxylic acids is 2. The third-order valence-corrected chi connectivity index (χ3v) is 3.02. The Balaban J connectivity index is 2.10. The van der Waals surface area contributed by atoms with Crippen LogP contribution in [0.3, 0.4) is 0 Å². The summed E-state index contributed by atoms with van der Waals surface area (Å²) in [6.45, 7) is 3.88. The molecule has 2 aromatic rings. The molecule has 0 aliphatic carbocycles. The molecule has 0 saturated carbocycles. The number of hydrogen-bond acceptors (Lipinski definition) is 3. The van der Waals surface area contributed by atoms with Crippen LogP contribution in [0.2, 0.25) is 0 Å². The van der Waals surface area contributed by atoms with Crippen LogP contribution in [-0.4, -0.2) is 16.9 Å². The normalized spacial score (nSPS) is 11.5. The number of aromatic nitrogens is 1. The van der Waals surface area contributed by atoms with Crippen LogP contribution in [0.4, 0.5) is 10.5 Å². The van der Waals surface area contributed by atoms with E-state index >= 15 is 0 Å². The van der Waals surface area contributed by atoms with Gasteiger partial charge in [-0.05, 0) is 49.2 Å². The Labute approximate surface area is 128 Å². The van der Waals surface area contributed by atoms with Gasteiger partial charge in [0.15, 0.2) is 6.04 Å². The fourth-order valence-corrected chi connectivity index (χ4v) is 2.18. The van der Waals surface area contributed by atoms with Crippen molar-refractivity contribution in [1.82, 2.24) is 10.3 Å². The number of aryl methyl sites for hydroxylation is 2. The first-order chi connectivity index (χ1) is 10.5. The van der Waals surface area contributed by atoms with Gasteiger partial charge in [-0.15, -0.1) is 0 Å². The maximum absolute atomic E-state index is 12.1. The third kappa shape index (κ3) is 4.05. The van der Waals surface area contributed by atoms with Crippen LogP contribution in [0.1, 0.15) is 22.9 Å². The summed E-state index contributed by atoms with van der Waals surface area (Å²) in [7, 11) is 0. The second-order valence-electron chi connectivity index (χ2n) is 5.06. The molecular formula is C16H18N4O2. The molecule has 0 bridgehead atoms. The van der Waals surface area contributed by atoms with E-state index in [-0.39, 0.29) is 0 Å². The zero-order valence-corrected chi connectivity index (χ0v) is 12.5. The van der Waals surface area contributed by atoms with E-state index in [1.54, 1.807) is 18.2 Å². The van der Waals surface area contributed by atoms with E-state index in [4.69, 9.17) is 5.73 Å². The number of nitrogens with zero attached hydrogens (tertiary/aromatic N) is 1. The fraction of sp³-hybridized carbons (Fsp3) is 0.188. The highest BCUT2D eigenvalue weighted by atomic mass is 16.2. The number of anilines is 1. The largest absolute Gasteiger partial charge is 0.368 e. The fourth-order valence-electron chi connectivity index (χ4n) is 2.18. The number of nitrogens with one attached hydrogen (secondary N) is 2. The third-order valence-electron chi connectivity index (χ3n) is 3.02. The maximum Gasteiger partial charge on any atom is 0.320 e. The van der Waals surface area contributed by atoms with E-state index < -0.39 is 18.0 Å². The molecule has 1 heterocycles. The smallest absolute Gasteiger partial charge is 0.320 e. The lowest BCUT2D eigenvalue weighted by Crippen LogP contribution is -2.40. The summed E-state index contributed by atoms with van der Waals surface area (Å²) in [6, 6.07) is 9.26. The van der Waals surface area contributed by atoms with Crippen molar-refractivity contribution in [2.24, 2.45) is 5.73 Å². The molecule has 0 radical (unpaired) electrons. The number of primary amides is 1. The van der Waals surface area contributed by atoms with Gasteiger partial charge in [-0.2, -0.15) is 0 Å². The average molecular weight is 298 g/mol. The molecule has 3 amide bonds. The van der Waals surface area contributed by atoms with E-state index in [2.05, 4.69) is 15.6 Å². The molecule has 22 heavy (non-hydrogen) atoms. The summed E-state index contributed by atoms with van der Waals surface area (Å²) in [5, 5.41) is 5.23. The summed E-state index contributed by atoms with van der Waals surface area (Å²) in [5.74, 6) is -0.672. The number of urea groups is 1. The van der Waals surface area contributed by atoms with E-state index in [0.717, 1.165) is 11.1 Å². The molecule has 0 aliphatic rings.